The largest absolute Gasteiger partial charge is 0.491 e. The fourth-order valence-electron chi connectivity index (χ4n) is 3.72. The number of sulfonamides is 1. The zero-order valence-corrected chi connectivity index (χ0v) is 22.0. The molecule has 0 aliphatic carbocycles. The van der Waals surface area contributed by atoms with Gasteiger partial charge in [-0.15, -0.1) is 0 Å². The lowest BCUT2D eigenvalue weighted by Gasteiger charge is -2.22. The number of hydrogen-bond donors (Lipinski definition) is 2. The molecule has 7 heteroatoms. The number of ether oxygens (including phenoxy) is 1. The van der Waals surface area contributed by atoms with Crippen LogP contribution < -0.4 is 14.8 Å². The molecule has 0 aliphatic rings. The summed E-state index contributed by atoms with van der Waals surface area (Å²) in [6.45, 7) is 12.4. The molecule has 0 heterocycles. The van der Waals surface area contributed by atoms with Crippen LogP contribution in [-0.2, 0) is 15.4 Å². The minimum Gasteiger partial charge on any atom is -0.491 e. The number of aryl methyl sites for hydroxylation is 3. The third kappa shape index (κ3) is 6.63. The van der Waals surface area contributed by atoms with Gasteiger partial charge in [0.15, 0.2) is 0 Å². The molecule has 0 bridgehead atoms. The molecule has 6 nitrogen and oxygen atoms in total. The van der Waals surface area contributed by atoms with Crippen molar-refractivity contribution >= 4 is 21.6 Å². The summed E-state index contributed by atoms with van der Waals surface area (Å²) in [6.07, 6.45) is 0. The Kier molecular flexibility index (Phi) is 7.90. The molecule has 0 saturated carbocycles. The van der Waals surface area contributed by atoms with E-state index in [-0.39, 0.29) is 28.3 Å². The molecule has 0 radical (unpaired) electrons. The second kappa shape index (κ2) is 10.5. The van der Waals surface area contributed by atoms with Crippen LogP contribution in [0.5, 0.6) is 5.75 Å². The van der Waals surface area contributed by atoms with Gasteiger partial charge in [-0.1, -0.05) is 57.2 Å². The van der Waals surface area contributed by atoms with Crippen LogP contribution in [0.15, 0.2) is 65.6 Å². The lowest BCUT2D eigenvalue weighted by atomic mass is 9.86. The Bertz CT molecular complexity index is 1330. The molecule has 0 aromatic heterocycles. The summed E-state index contributed by atoms with van der Waals surface area (Å²) in [7, 11) is -3.87. The summed E-state index contributed by atoms with van der Waals surface area (Å²) in [5.41, 5.74) is 4.15. The number of nitrogens with one attached hydrogen (secondary N) is 2. The smallest absolute Gasteiger partial charge is 0.262 e. The first-order valence-corrected chi connectivity index (χ1v) is 13.1. The quantitative estimate of drug-likeness (QED) is 0.404. The number of benzene rings is 3. The highest BCUT2D eigenvalue weighted by atomic mass is 32.2. The Hall–Kier alpha value is -3.32. The van der Waals surface area contributed by atoms with Crippen molar-refractivity contribution in [3.8, 4) is 5.75 Å². The lowest BCUT2D eigenvalue weighted by Crippen LogP contribution is -2.28. The second-order valence-electron chi connectivity index (χ2n) is 9.75. The van der Waals surface area contributed by atoms with Gasteiger partial charge in [0.1, 0.15) is 12.4 Å². The monoisotopic (exact) mass is 494 g/mol. The summed E-state index contributed by atoms with van der Waals surface area (Å²) >= 11 is 0. The highest BCUT2D eigenvalue weighted by Crippen LogP contribution is 2.30. The normalized spacial score (nSPS) is 11.7. The van der Waals surface area contributed by atoms with E-state index in [1.54, 1.807) is 25.1 Å². The molecular weight excluding hydrogens is 460 g/mol. The molecule has 0 aliphatic heterocycles. The van der Waals surface area contributed by atoms with Gasteiger partial charge in [-0.3, -0.25) is 9.52 Å². The predicted octanol–water partition coefficient (Wildman–Crippen LogP) is 5.52. The fourth-order valence-corrected chi connectivity index (χ4v) is 5.11. The van der Waals surface area contributed by atoms with Crippen LogP contribution in [0.3, 0.4) is 0 Å². The predicted molar refractivity (Wildman–Crippen MR) is 141 cm³/mol. The van der Waals surface area contributed by atoms with E-state index in [9.17, 15) is 13.2 Å². The molecule has 2 N–H and O–H groups in total. The number of para-hydroxylation sites is 1. The van der Waals surface area contributed by atoms with E-state index in [1.807, 2.05) is 50.2 Å². The van der Waals surface area contributed by atoms with Gasteiger partial charge in [0.25, 0.3) is 15.9 Å². The van der Waals surface area contributed by atoms with Crippen molar-refractivity contribution in [2.75, 3.05) is 17.9 Å². The van der Waals surface area contributed by atoms with Crippen LogP contribution in [0.25, 0.3) is 0 Å². The van der Waals surface area contributed by atoms with E-state index in [0.29, 0.717) is 17.9 Å². The fraction of sp³-hybridized carbons (Fsp3) is 0.321. The van der Waals surface area contributed by atoms with Gasteiger partial charge >= 0.3 is 0 Å². The Morgan fingerprint density at radius 2 is 1.60 bits per heavy atom. The minimum atomic E-state index is -3.87. The number of amides is 1. The average Bonchev–Trinajstić information content (AvgIpc) is 2.78. The molecular formula is C28H34N2O4S. The Labute approximate surface area is 208 Å². The van der Waals surface area contributed by atoms with Crippen LogP contribution in [0, 0.1) is 20.8 Å². The topological polar surface area (TPSA) is 84.5 Å². The van der Waals surface area contributed by atoms with Crippen molar-refractivity contribution in [3.05, 3.63) is 88.5 Å². The average molecular weight is 495 g/mol. The van der Waals surface area contributed by atoms with Gasteiger partial charge < -0.3 is 10.1 Å². The molecule has 0 atom stereocenters. The van der Waals surface area contributed by atoms with Gasteiger partial charge in [-0.25, -0.2) is 8.42 Å². The summed E-state index contributed by atoms with van der Waals surface area (Å²) in [4.78, 5) is 12.8. The Morgan fingerprint density at radius 3 is 2.31 bits per heavy atom. The molecule has 0 spiro atoms. The van der Waals surface area contributed by atoms with Crippen molar-refractivity contribution < 1.29 is 17.9 Å². The van der Waals surface area contributed by atoms with E-state index in [1.165, 1.54) is 6.07 Å². The second-order valence-corrected chi connectivity index (χ2v) is 11.4. The summed E-state index contributed by atoms with van der Waals surface area (Å²) in [5, 5.41) is 2.81. The van der Waals surface area contributed by atoms with Crippen molar-refractivity contribution in [3.63, 3.8) is 0 Å². The maximum atomic E-state index is 13.1. The summed E-state index contributed by atoms with van der Waals surface area (Å²) in [5.74, 6) is 0.427. The van der Waals surface area contributed by atoms with Crippen molar-refractivity contribution in [1.29, 1.82) is 0 Å². The first-order valence-electron chi connectivity index (χ1n) is 11.6. The van der Waals surface area contributed by atoms with E-state index < -0.39 is 10.0 Å². The van der Waals surface area contributed by atoms with E-state index in [0.717, 1.165) is 22.4 Å². The molecule has 0 fully saturated rings. The number of rotatable bonds is 8. The van der Waals surface area contributed by atoms with Crippen molar-refractivity contribution in [2.45, 2.75) is 51.9 Å². The van der Waals surface area contributed by atoms with Crippen LogP contribution in [-0.4, -0.2) is 27.5 Å². The van der Waals surface area contributed by atoms with E-state index in [4.69, 9.17) is 4.74 Å². The molecule has 0 saturated heterocycles. The molecule has 1 amide bonds. The van der Waals surface area contributed by atoms with Gasteiger partial charge in [0.05, 0.1) is 17.1 Å². The first kappa shape index (κ1) is 26.3. The standard InChI is InChI=1S/C28H34N2O4S/c1-19-11-12-20(2)24(17-19)30-35(32,33)26-18-22(14-13-21(26)3)27(31)29-15-16-34-25-10-8-7-9-23(25)28(4,5)6/h7-14,17-18,30H,15-16H2,1-6H3,(H,29,31). The van der Waals surface area contributed by atoms with Gasteiger partial charge in [-0.2, -0.15) is 0 Å². The SMILES string of the molecule is Cc1ccc(C)c(NS(=O)(=O)c2cc(C(=O)NCCOc3ccccc3C(C)(C)C)ccc2C)c1. The number of hydrogen-bond acceptors (Lipinski definition) is 4. The number of anilines is 1. The van der Waals surface area contributed by atoms with E-state index in [2.05, 4.69) is 30.8 Å². The lowest BCUT2D eigenvalue weighted by molar-refractivity contribution is 0.0946. The third-order valence-corrected chi connectivity index (χ3v) is 7.23. The van der Waals surface area contributed by atoms with Gasteiger partial charge in [0.2, 0.25) is 0 Å². The molecule has 3 aromatic rings. The third-order valence-electron chi connectivity index (χ3n) is 5.72. The summed E-state index contributed by atoms with van der Waals surface area (Å²) in [6, 6.07) is 18.1. The Morgan fingerprint density at radius 1 is 0.914 bits per heavy atom. The van der Waals surface area contributed by atoms with Crippen molar-refractivity contribution in [2.24, 2.45) is 0 Å². The molecule has 35 heavy (non-hydrogen) atoms. The van der Waals surface area contributed by atoms with Gasteiger partial charge in [-0.05, 0) is 72.7 Å². The Balaban J connectivity index is 1.68. The zero-order valence-electron chi connectivity index (χ0n) is 21.2. The maximum absolute atomic E-state index is 13.1. The van der Waals surface area contributed by atoms with Crippen LogP contribution in [0.4, 0.5) is 5.69 Å². The van der Waals surface area contributed by atoms with Gasteiger partial charge in [0, 0.05) is 5.56 Å². The molecule has 0 unspecified atom stereocenters. The van der Waals surface area contributed by atoms with Crippen LogP contribution in [0.1, 0.15) is 53.4 Å². The first-order chi connectivity index (χ1) is 16.4. The summed E-state index contributed by atoms with van der Waals surface area (Å²) < 4.78 is 34.8. The number of carbonyl (C=O) groups excluding carboxylic acids is 1. The van der Waals surface area contributed by atoms with Crippen molar-refractivity contribution in [1.82, 2.24) is 5.32 Å². The number of carbonyl (C=O) groups is 1. The molecule has 3 rings (SSSR count). The van der Waals surface area contributed by atoms with E-state index >= 15 is 0 Å². The zero-order chi connectivity index (χ0) is 25.8. The maximum Gasteiger partial charge on any atom is 0.262 e. The molecule has 3 aromatic carbocycles. The highest BCUT2D eigenvalue weighted by Gasteiger charge is 2.21. The molecule has 186 valence electrons. The van der Waals surface area contributed by atoms with Crippen LogP contribution in [0.2, 0.25) is 0 Å². The van der Waals surface area contributed by atoms with Crippen LogP contribution >= 0.6 is 0 Å². The minimum absolute atomic E-state index is 0.0609. The highest BCUT2D eigenvalue weighted by molar-refractivity contribution is 7.92.